The maximum absolute atomic E-state index is 11.8. The molecule has 5 saturated carbocycles. The Bertz CT molecular complexity index is 6920. The van der Waals surface area contributed by atoms with Gasteiger partial charge >= 0.3 is 56.9 Å². The summed E-state index contributed by atoms with van der Waals surface area (Å²) in [7, 11) is 0.0585. The molecule has 0 atom stereocenters. The van der Waals surface area contributed by atoms with E-state index in [0.717, 1.165) is 96.0 Å². The molecule has 13 aromatic rings. The smallest absolute Gasteiger partial charge is 0.302 e. The number of likely N-dealkylation sites (tertiary alicyclic amines) is 1. The Balaban J connectivity index is 0.000000198. The van der Waals surface area contributed by atoms with Crippen LogP contribution >= 0.6 is 0 Å². The summed E-state index contributed by atoms with van der Waals surface area (Å²) >= 11 is 0. The molecule has 1 aromatic carbocycles. The van der Waals surface area contributed by atoms with Crippen LogP contribution in [0.5, 0.6) is 0 Å². The second-order valence-corrected chi connectivity index (χ2v) is 35.0. The van der Waals surface area contributed by atoms with Gasteiger partial charge in [0, 0.05) is 99.0 Å². The molecule has 0 unspecified atom stereocenters. The SMILES string of the molecule is C/C=C\n1nnn(-c2ccccc2)c1=O.C/C=C\n1nnn(-c2ccccn2)c1=O.C/C=C\n1nnn(-c2cccnc2)c1=O.C/C=C\n1nnn(C2CC2)c1=O.C/C=C\n1nnn(C2CCC2)c1=O.C/C=C\n1nnn(C2CCC2)c1=O.C/C=C\n1nnn(C2CCCC2)c1=O.C/C=C\n1nnn(C2CCCCC2)c1=O.C/C=C\n1nnn(C2CN(C)C2)c1=O.C=S1(=O)CC(n2nnn(/C=C\C)c2=O)C1.CC.CC.CC. The lowest BCUT2D eigenvalue weighted by Gasteiger charge is -2.34. The Morgan fingerprint density at radius 1 is 0.265 bits per heavy atom. The molecule has 0 spiro atoms. The summed E-state index contributed by atoms with van der Waals surface area (Å²) in [5, 5.41) is 75.2. The van der Waals surface area contributed by atoms with E-state index in [0.29, 0.717) is 34.7 Å². The second kappa shape index (κ2) is 60.3. The number of hydrogen-bond acceptors (Lipinski definition) is 34. The molecule has 55 heteroatoms. The van der Waals surface area contributed by atoms with Crippen molar-refractivity contribution in [1.29, 1.82) is 0 Å². The van der Waals surface area contributed by atoms with Crippen LogP contribution in [0.15, 0.2) is 188 Å². The van der Waals surface area contributed by atoms with Crippen molar-refractivity contribution in [2.24, 2.45) is 0 Å². The number of allylic oxidation sites excluding steroid dienone is 10. The highest BCUT2D eigenvalue weighted by atomic mass is 32.2. The number of pyridine rings is 2. The molecule has 790 valence electrons. The number of para-hydroxylation sites is 1. The van der Waals surface area contributed by atoms with Gasteiger partial charge in [0.1, 0.15) is 0 Å². The van der Waals surface area contributed by atoms with Gasteiger partial charge in [-0.1, -0.05) is 159 Å². The fourth-order valence-corrected chi connectivity index (χ4v) is 15.8. The minimum absolute atomic E-state index is 0.110. The third-order valence-corrected chi connectivity index (χ3v) is 23.9. The number of tetrazole rings is 10. The van der Waals surface area contributed by atoms with Crippen LogP contribution in [-0.4, -0.2) is 254 Å². The van der Waals surface area contributed by atoms with E-state index in [1.54, 1.807) is 192 Å². The van der Waals surface area contributed by atoms with Gasteiger partial charge in [-0.05, 0) is 309 Å². The van der Waals surface area contributed by atoms with Gasteiger partial charge in [0.2, 0.25) is 0 Å². The summed E-state index contributed by atoms with van der Waals surface area (Å²) in [5.74, 6) is 4.86. The molecule has 2 aliphatic heterocycles. The third kappa shape index (κ3) is 32.3. The molecular formula is C92H135N43O11S. The van der Waals surface area contributed by atoms with Crippen molar-refractivity contribution in [2.75, 3.05) is 31.6 Å². The Labute approximate surface area is 846 Å². The molecule has 54 nitrogen and oxygen atoms in total. The lowest BCUT2D eigenvalue weighted by Crippen LogP contribution is -2.48. The number of nitrogens with zero attached hydrogens (tertiary/aromatic N) is 43. The van der Waals surface area contributed by atoms with Gasteiger partial charge in [0.05, 0.1) is 59.9 Å². The highest BCUT2D eigenvalue weighted by molar-refractivity contribution is 8.01. The van der Waals surface area contributed by atoms with Crippen molar-refractivity contribution < 1.29 is 4.21 Å². The topological polar surface area (TPSA) is 573 Å². The van der Waals surface area contributed by atoms with Gasteiger partial charge < -0.3 is 4.90 Å². The normalized spacial score (nSPS) is 16.7. The summed E-state index contributed by atoms with van der Waals surface area (Å²) in [6, 6.07) is 19.3. The summed E-state index contributed by atoms with van der Waals surface area (Å²) in [6.07, 6.45) is 57.0. The highest BCUT2D eigenvalue weighted by Crippen LogP contribution is 2.33. The van der Waals surface area contributed by atoms with E-state index in [1.807, 2.05) is 115 Å². The van der Waals surface area contributed by atoms with Crippen LogP contribution in [0.3, 0.4) is 0 Å². The average Bonchev–Trinajstić information content (AvgIpc) is 1.64. The van der Waals surface area contributed by atoms with Crippen molar-refractivity contribution in [3.05, 3.63) is 245 Å². The predicted molar refractivity (Wildman–Crippen MR) is 561 cm³/mol. The van der Waals surface area contributed by atoms with Gasteiger partial charge in [-0.2, -0.15) is 89.0 Å². The Kier molecular flexibility index (Phi) is 47.5. The van der Waals surface area contributed by atoms with Gasteiger partial charge in [-0.25, -0.2) is 52.9 Å². The number of aromatic nitrogens is 42. The standard InChI is InChI=1S/C10H16N4O.C10H10N4O.2C9H9N5O.C9H14N4O.C8H13N5O.C8H12N4O2S.2C8H12N4O.C7H10N4O.3C2H6/c2*1-2-8-13-10(15)14(12-11-13)9-6-4-3-5-7-9;1-2-7-13-9(15)14(12-11-13)8-5-3-4-6-10-8;1-2-6-13-9(15)14(12-11-13)8-4-3-5-10-7-8;1-2-7-12-9(14)13(11-10-12)8-5-3-4-6-8;1-3-4-12-8(14)13(10-9-12)7-5-11(2)6-7;1-3-4-11-8(13)12(10-9-11)7-5-15(2,14)6-7;2*1-2-6-11-8(13)12(10-9-11)7-4-3-5-7;1-2-5-10-7(12)11(9-8-10)6-3-4-6;3*1-2/h2,8-9H,3-7H2,1H3;2-8H,1H3;2*2-7H,1H3;2,7-8H,3-6H2,1H3;3-4,7H,5-6H2,1-2H3;3-4,7H,2,5-6H2,1H3;2*2,6-7H,3-5H2,1H3;2,5-6H,3-4H2,1H3;3*1-2H3/b2*8-2-;7-2-;6-2-;7-2-;2*4-3-;2*6-2-;5-2-;;;. The minimum atomic E-state index is -1.95. The molecule has 147 heavy (non-hydrogen) atoms. The molecule has 12 aromatic heterocycles. The van der Waals surface area contributed by atoms with Crippen LogP contribution in [0.1, 0.15) is 262 Å². The van der Waals surface area contributed by atoms with Crippen LogP contribution < -0.4 is 56.9 Å². The number of likely N-dealkylation sites (N-methyl/N-ethyl adjacent to an activating group) is 1. The average molecular weight is 2050 g/mol. The van der Waals surface area contributed by atoms with E-state index in [9.17, 15) is 52.2 Å². The highest BCUT2D eigenvalue weighted by Gasteiger charge is 2.34. The zero-order valence-corrected chi connectivity index (χ0v) is 87.1. The van der Waals surface area contributed by atoms with Crippen molar-refractivity contribution >= 4 is 77.4 Å². The Hall–Kier alpha value is -16.4. The van der Waals surface area contributed by atoms with E-state index in [-0.39, 0.29) is 93.1 Å². The van der Waals surface area contributed by atoms with E-state index in [1.165, 1.54) is 132 Å². The molecule has 0 radical (unpaired) electrons. The van der Waals surface area contributed by atoms with E-state index >= 15 is 0 Å². The molecule has 0 N–H and O–H groups in total. The first kappa shape index (κ1) is 116. The van der Waals surface area contributed by atoms with Crippen LogP contribution in [0, 0.1) is 0 Å². The van der Waals surface area contributed by atoms with Gasteiger partial charge in [-0.3, -0.25) is 9.19 Å². The second-order valence-electron chi connectivity index (χ2n) is 32.4. The first-order valence-corrected chi connectivity index (χ1v) is 51.0. The van der Waals surface area contributed by atoms with E-state index in [4.69, 9.17) is 0 Å². The lowest BCUT2D eigenvalue weighted by molar-refractivity contribution is 0.126. The maximum atomic E-state index is 11.8. The predicted octanol–water partition coefficient (Wildman–Crippen LogP) is 7.30. The summed E-state index contributed by atoms with van der Waals surface area (Å²) in [5.41, 5.74) is -0.769. The van der Waals surface area contributed by atoms with Gasteiger partial charge in [0.25, 0.3) is 0 Å². The fourth-order valence-electron chi connectivity index (χ4n) is 14.3. The minimum Gasteiger partial charge on any atom is -0.302 e. The quantitative estimate of drug-likeness (QED) is 0.0675. The maximum Gasteiger partial charge on any atom is 0.374 e. The largest absolute Gasteiger partial charge is 0.374 e. The van der Waals surface area contributed by atoms with Gasteiger partial charge in [0.15, 0.2) is 5.82 Å². The first-order valence-electron chi connectivity index (χ1n) is 48.9. The zero-order chi connectivity index (χ0) is 107. The van der Waals surface area contributed by atoms with Crippen molar-refractivity contribution in [3.8, 4) is 17.2 Å². The van der Waals surface area contributed by atoms with Crippen molar-refractivity contribution in [2.45, 2.75) is 262 Å². The van der Waals surface area contributed by atoms with Crippen molar-refractivity contribution in [1.82, 2.24) is 213 Å². The molecule has 5 aliphatic carbocycles. The van der Waals surface area contributed by atoms with E-state index < -0.39 is 9.52 Å². The summed E-state index contributed by atoms with van der Waals surface area (Å²) in [4.78, 5) is 126. The molecule has 7 aliphatic rings. The zero-order valence-electron chi connectivity index (χ0n) is 86.3. The summed E-state index contributed by atoms with van der Waals surface area (Å²) < 4.78 is 37.3. The monoisotopic (exact) mass is 2050 g/mol. The van der Waals surface area contributed by atoms with Crippen molar-refractivity contribution in [3.63, 3.8) is 0 Å². The molecule has 14 heterocycles. The molecule has 7 fully saturated rings. The van der Waals surface area contributed by atoms with Crippen LogP contribution in [0.4, 0.5) is 0 Å². The molecule has 2 saturated heterocycles. The Morgan fingerprint density at radius 2 is 0.517 bits per heavy atom. The van der Waals surface area contributed by atoms with E-state index in [2.05, 4.69) is 125 Å². The molecular weight excluding hydrogens is 1920 g/mol. The first-order chi connectivity index (χ1) is 71.4. The third-order valence-electron chi connectivity index (χ3n) is 21.9. The lowest BCUT2D eigenvalue weighted by atomic mass is 9.93. The number of benzene rings is 1. The van der Waals surface area contributed by atoms with Crippen LogP contribution in [0.25, 0.3) is 79.2 Å². The molecule has 0 bridgehead atoms. The number of hydrogen-bond donors (Lipinski definition) is 0. The Morgan fingerprint density at radius 3 is 0.782 bits per heavy atom. The summed E-state index contributed by atoms with van der Waals surface area (Å²) in [6.45, 7) is 32.0. The number of rotatable bonds is 20. The fraction of sp³-hybridized carbons (Fsp3) is 0.489. The van der Waals surface area contributed by atoms with Gasteiger partial charge in [-0.15, -0.1) is 4.68 Å². The van der Waals surface area contributed by atoms with Crippen LogP contribution in [-0.2, 0) is 9.52 Å². The molecule has 20 rings (SSSR count). The molecule has 0 amide bonds. The van der Waals surface area contributed by atoms with Crippen LogP contribution in [0.2, 0.25) is 0 Å².